The van der Waals surface area contributed by atoms with Crippen molar-refractivity contribution in [2.45, 2.75) is 26.4 Å². The van der Waals surface area contributed by atoms with E-state index in [1.807, 2.05) is 13.8 Å². The third-order valence-corrected chi connectivity index (χ3v) is 3.22. The molecular weight excluding hydrogens is 280 g/mol. The molecular formula is C13H20N2O4S. The first-order valence-corrected chi connectivity index (χ1v) is 8.05. The minimum absolute atomic E-state index is 0.0306. The van der Waals surface area contributed by atoms with E-state index in [9.17, 15) is 13.2 Å². The second kappa shape index (κ2) is 7.25. The second-order valence-corrected chi connectivity index (χ2v) is 6.40. The van der Waals surface area contributed by atoms with Crippen molar-refractivity contribution in [1.29, 1.82) is 0 Å². The van der Waals surface area contributed by atoms with E-state index in [1.165, 1.54) is 0 Å². The largest absolute Gasteiger partial charge is 0.491 e. The number of carbonyl (C=O) groups excluding carboxylic acids is 1. The number of carbonyl (C=O) groups is 1. The lowest BCUT2D eigenvalue weighted by molar-refractivity contribution is 0.0953. The summed E-state index contributed by atoms with van der Waals surface area (Å²) in [6.45, 7) is 4.06. The molecule has 1 rings (SSSR count). The van der Waals surface area contributed by atoms with E-state index in [4.69, 9.17) is 9.88 Å². The number of ether oxygens (including phenoxy) is 1. The third kappa shape index (κ3) is 6.53. The highest BCUT2D eigenvalue weighted by molar-refractivity contribution is 7.89. The van der Waals surface area contributed by atoms with E-state index in [0.717, 1.165) is 0 Å². The number of nitrogens with two attached hydrogens (primary N) is 1. The van der Waals surface area contributed by atoms with E-state index in [2.05, 4.69) is 5.32 Å². The lowest BCUT2D eigenvalue weighted by Crippen LogP contribution is -2.27. The van der Waals surface area contributed by atoms with Gasteiger partial charge in [-0.25, -0.2) is 13.6 Å². The molecule has 112 valence electrons. The SMILES string of the molecule is CC(C)Oc1cccc(C(=O)NCCCS(N)(=O)=O)c1. The maximum Gasteiger partial charge on any atom is 0.251 e. The maximum atomic E-state index is 11.9. The molecule has 0 fully saturated rings. The molecule has 0 aromatic heterocycles. The van der Waals surface area contributed by atoms with Gasteiger partial charge in [-0.3, -0.25) is 4.79 Å². The Bertz CT molecular complexity index is 555. The molecule has 0 aliphatic carbocycles. The molecule has 0 saturated heterocycles. The molecule has 6 nitrogen and oxygen atoms in total. The van der Waals surface area contributed by atoms with Crippen LogP contribution in [0.15, 0.2) is 24.3 Å². The summed E-state index contributed by atoms with van der Waals surface area (Å²) in [7, 11) is -3.48. The van der Waals surface area contributed by atoms with Crippen LogP contribution in [0.4, 0.5) is 0 Å². The van der Waals surface area contributed by atoms with Crippen molar-refractivity contribution in [3.05, 3.63) is 29.8 Å². The van der Waals surface area contributed by atoms with Gasteiger partial charge in [0.25, 0.3) is 5.91 Å². The van der Waals surface area contributed by atoms with E-state index in [-0.39, 0.29) is 30.7 Å². The lowest BCUT2D eigenvalue weighted by atomic mass is 10.2. The fraction of sp³-hybridized carbons (Fsp3) is 0.462. The Hall–Kier alpha value is -1.60. The van der Waals surface area contributed by atoms with Crippen molar-refractivity contribution in [2.24, 2.45) is 5.14 Å². The fourth-order valence-electron chi connectivity index (χ4n) is 1.56. The average molecular weight is 300 g/mol. The molecule has 0 atom stereocenters. The van der Waals surface area contributed by atoms with E-state index < -0.39 is 10.0 Å². The van der Waals surface area contributed by atoms with E-state index >= 15 is 0 Å². The summed E-state index contributed by atoms with van der Waals surface area (Å²) in [5, 5.41) is 7.51. The van der Waals surface area contributed by atoms with Crippen molar-refractivity contribution in [1.82, 2.24) is 5.32 Å². The molecule has 0 radical (unpaired) electrons. The van der Waals surface area contributed by atoms with Crippen LogP contribution in [0.2, 0.25) is 0 Å². The highest BCUT2D eigenvalue weighted by atomic mass is 32.2. The van der Waals surface area contributed by atoms with Crippen LogP contribution >= 0.6 is 0 Å². The first kappa shape index (κ1) is 16.5. The number of nitrogens with one attached hydrogen (secondary N) is 1. The average Bonchev–Trinajstić information content (AvgIpc) is 2.32. The van der Waals surface area contributed by atoms with Gasteiger partial charge in [0.1, 0.15) is 5.75 Å². The van der Waals surface area contributed by atoms with Crippen molar-refractivity contribution in [3.8, 4) is 5.75 Å². The van der Waals surface area contributed by atoms with Crippen molar-refractivity contribution in [2.75, 3.05) is 12.3 Å². The van der Waals surface area contributed by atoms with Gasteiger partial charge in [-0.1, -0.05) is 6.07 Å². The number of amides is 1. The summed E-state index contributed by atoms with van der Waals surface area (Å²) in [6.07, 6.45) is 0.315. The van der Waals surface area contributed by atoms with Gasteiger partial charge in [0.05, 0.1) is 11.9 Å². The topological polar surface area (TPSA) is 98.5 Å². The smallest absolute Gasteiger partial charge is 0.251 e. The minimum Gasteiger partial charge on any atom is -0.491 e. The zero-order valence-electron chi connectivity index (χ0n) is 11.6. The molecule has 1 amide bonds. The van der Waals surface area contributed by atoms with Crippen LogP contribution in [0.5, 0.6) is 5.75 Å². The fourth-order valence-corrected chi connectivity index (χ4v) is 2.11. The quantitative estimate of drug-likeness (QED) is 0.730. The number of benzene rings is 1. The van der Waals surface area contributed by atoms with Gasteiger partial charge in [-0.15, -0.1) is 0 Å². The third-order valence-electron chi connectivity index (χ3n) is 2.36. The van der Waals surface area contributed by atoms with E-state index in [0.29, 0.717) is 11.3 Å². The van der Waals surface area contributed by atoms with Crippen LogP contribution in [0.3, 0.4) is 0 Å². The summed E-state index contributed by atoms with van der Waals surface area (Å²) < 4.78 is 27.0. The molecule has 0 bridgehead atoms. The van der Waals surface area contributed by atoms with Crippen LogP contribution in [0.1, 0.15) is 30.6 Å². The molecule has 0 aliphatic heterocycles. The van der Waals surface area contributed by atoms with Crippen molar-refractivity contribution in [3.63, 3.8) is 0 Å². The highest BCUT2D eigenvalue weighted by Crippen LogP contribution is 2.14. The first-order chi connectivity index (χ1) is 9.28. The molecule has 0 spiro atoms. The molecule has 0 saturated carbocycles. The van der Waals surface area contributed by atoms with Gasteiger partial charge in [-0.2, -0.15) is 0 Å². The Kier molecular flexibility index (Phi) is 5.97. The Morgan fingerprint density at radius 2 is 2.10 bits per heavy atom. The van der Waals surface area contributed by atoms with Crippen LogP contribution in [0.25, 0.3) is 0 Å². The summed E-state index contributed by atoms with van der Waals surface area (Å²) in [5.41, 5.74) is 0.471. The zero-order chi connectivity index (χ0) is 15.2. The molecule has 0 heterocycles. The van der Waals surface area contributed by atoms with Gasteiger partial charge in [-0.05, 0) is 38.5 Å². The molecule has 0 aliphatic rings. The Balaban J connectivity index is 2.51. The summed E-state index contributed by atoms with van der Waals surface area (Å²) in [5.74, 6) is 0.204. The molecule has 20 heavy (non-hydrogen) atoms. The molecule has 7 heteroatoms. The van der Waals surface area contributed by atoms with Gasteiger partial charge in [0.15, 0.2) is 0 Å². The van der Waals surface area contributed by atoms with Crippen LogP contribution in [0, 0.1) is 0 Å². The predicted octanol–water partition coefficient (Wildman–Crippen LogP) is 0.882. The Morgan fingerprint density at radius 3 is 2.70 bits per heavy atom. The van der Waals surface area contributed by atoms with Crippen molar-refractivity contribution >= 4 is 15.9 Å². The molecule has 1 aromatic rings. The normalized spacial score (nSPS) is 11.4. The Morgan fingerprint density at radius 1 is 1.40 bits per heavy atom. The summed E-state index contributed by atoms with van der Waals surface area (Å²) in [4.78, 5) is 11.9. The van der Waals surface area contributed by atoms with Crippen molar-refractivity contribution < 1.29 is 17.9 Å². The molecule has 0 unspecified atom stereocenters. The first-order valence-electron chi connectivity index (χ1n) is 6.33. The lowest BCUT2D eigenvalue weighted by Gasteiger charge is -2.11. The summed E-state index contributed by atoms with van der Waals surface area (Å²) in [6, 6.07) is 6.83. The minimum atomic E-state index is -3.48. The monoisotopic (exact) mass is 300 g/mol. The zero-order valence-corrected chi connectivity index (χ0v) is 12.4. The highest BCUT2D eigenvalue weighted by Gasteiger charge is 2.08. The Labute approximate surface area is 119 Å². The number of rotatable bonds is 7. The van der Waals surface area contributed by atoms with Gasteiger partial charge in [0, 0.05) is 12.1 Å². The number of primary sulfonamides is 1. The standard InChI is InChI=1S/C13H20N2O4S/c1-10(2)19-12-6-3-5-11(9-12)13(16)15-7-4-8-20(14,17)18/h3,5-6,9-10H,4,7-8H2,1-2H3,(H,15,16)(H2,14,17,18). The van der Waals surface area contributed by atoms with E-state index in [1.54, 1.807) is 24.3 Å². The summed E-state index contributed by atoms with van der Waals surface area (Å²) >= 11 is 0. The maximum absolute atomic E-state index is 11.9. The number of sulfonamides is 1. The van der Waals surface area contributed by atoms with Crippen LogP contribution in [-0.2, 0) is 10.0 Å². The molecule has 1 aromatic carbocycles. The van der Waals surface area contributed by atoms with Crippen LogP contribution < -0.4 is 15.2 Å². The number of hydrogen-bond acceptors (Lipinski definition) is 4. The van der Waals surface area contributed by atoms with Gasteiger partial charge >= 0.3 is 0 Å². The predicted molar refractivity (Wildman–Crippen MR) is 77.1 cm³/mol. The van der Waals surface area contributed by atoms with Gasteiger partial charge < -0.3 is 10.1 Å². The van der Waals surface area contributed by atoms with Crippen LogP contribution in [-0.4, -0.2) is 32.7 Å². The van der Waals surface area contributed by atoms with Gasteiger partial charge in [0.2, 0.25) is 10.0 Å². The second-order valence-electron chi connectivity index (χ2n) is 4.67. The molecule has 3 N–H and O–H groups in total. The number of hydrogen-bond donors (Lipinski definition) is 2.